The summed E-state index contributed by atoms with van der Waals surface area (Å²) in [6, 6.07) is 0. The molecule has 0 radical (unpaired) electrons. The Balaban J connectivity index is 2.28. The second kappa shape index (κ2) is 2.05. The van der Waals surface area contributed by atoms with Crippen LogP contribution in [0.3, 0.4) is 0 Å². The minimum absolute atomic E-state index is 0.0909. The maximum absolute atomic E-state index is 10.5. The number of hydrogen-bond donors (Lipinski definition) is 0. The van der Waals surface area contributed by atoms with E-state index in [0.717, 1.165) is 6.42 Å². The number of carbonyl (C=O) groups excluding carboxylic acids is 1. The Bertz CT molecular complexity index is 113. The third-order valence-corrected chi connectivity index (χ3v) is 2.23. The SMILES string of the molecule is COC(=O)C1CC1Br. The summed E-state index contributed by atoms with van der Waals surface area (Å²) < 4.78 is 4.48. The summed E-state index contributed by atoms with van der Waals surface area (Å²) in [4.78, 5) is 10.9. The molecule has 0 aliphatic heterocycles. The van der Waals surface area contributed by atoms with Gasteiger partial charge in [0.2, 0.25) is 0 Å². The summed E-state index contributed by atoms with van der Waals surface area (Å²) in [6.45, 7) is 0. The van der Waals surface area contributed by atoms with Crippen molar-refractivity contribution in [2.75, 3.05) is 7.11 Å². The molecule has 0 N–H and O–H groups in total. The summed E-state index contributed by atoms with van der Waals surface area (Å²) in [7, 11) is 1.42. The third kappa shape index (κ3) is 1.02. The van der Waals surface area contributed by atoms with Gasteiger partial charge >= 0.3 is 5.97 Å². The van der Waals surface area contributed by atoms with E-state index >= 15 is 0 Å². The van der Waals surface area contributed by atoms with Crippen LogP contribution in [0.15, 0.2) is 0 Å². The molecule has 0 bridgehead atoms. The topological polar surface area (TPSA) is 26.3 Å². The summed E-state index contributed by atoms with van der Waals surface area (Å²) in [5.74, 6) is 0.0480. The minimum atomic E-state index is -0.0909. The van der Waals surface area contributed by atoms with Crippen LogP contribution in [0.1, 0.15) is 6.42 Å². The largest absolute Gasteiger partial charge is 0.469 e. The number of rotatable bonds is 1. The highest BCUT2D eigenvalue weighted by molar-refractivity contribution is 9.09. The molecule has 1 aliphatic rings. The molecule has 1 aliphatic carbocycles. The second-order valence-corrected chi connectivity index (χ2v) is 3.06. The van der Waals surface area contributed by atoms with Gasteiger partial charge in [0.15, 0.2) is 0 Å². The average Bonchev–Trinajstić information content (AvgIpc) is 2.45. The van der Waals surface area contributed by atoms with Gasteiger partial charge in [-0.05, 0) is 6.42 Å². The van der Waals surface area contributed by atoms with Crippen LogP contribution in [0.5, 0.6) is 0 Å². The van der Waals surface area contributed by atoms with E-state index in [1.165, 1.54) is 7.11 Å². The van der Waals surface area contributed by atoms with Gasteiger partial charge in [0.1, 0.15) is 0 Å². The molecule has 0 aromatic rings. The molecule has 0 aromatic heterocycles. The highest BCUT2D eigenvalue weighted by atomic mass is 79.9. The first kappa shape index (κ1) is 6.08. The van der Waals surface area contributed by atoms with Gasteiger partial charge in [0.05, 0.1) is 13.0 Å². The van der Waals surface area contributed by atoms with Gasteiger partial charge in [-0.2, -0.15) is 0 Å². The van der Waals surface area contributed by atoms with Crippen molar-refractivity contribution in [3.63, 3.8) is 0 Å². The van der Waals surface area contributed by atoms with Gasteiger partial charge < -0.3 is 4.74 Å². The highest BCUT2D eigenvalue weighted by Gasteiger charge is 2.41. The molecule has 0 amide bonds. The fraction of sp³-hybridized carbons (Fsp3) is 0.800. The van der Waals surface area contributed by atoms with E-state index in [1.54, 1.807) is 0 Å². The Morgan fingerprint density at radius 2 is 2.38 bits per heavy atom. The van der Waals surface area contributed by atoms with Crippen molar-refractivity contribution < 1.29 is 9.53 Å². The predicted octanol–water partition coefficient (Wildman–Crippen LogP) is 0.943. The zero-order valence-electron chi connectivity index (χ0n) is 4.56. The molecule has 3 heteroatoms. The zero-order valence-corrected chi connectivity index (χ0v) is 6.14. The molecule has 1 rings (SSSR count). The average molecular weight is 179 g/mol. The van der Waals surface area contributed by atoms with Gasteiger partial charge in [-0.25, -0.2) is 0 Å². The summed E-state index contributed by atoms with van der Waals surface area (Å²) >= 11 is 3.29. The van der Waals surface area contributed by atoms with Crippen LogP contribution in [0, 0.1) is 5.92 Å². The standard InChI is InChI=1S/C5H7BrO2/c1-8-5(7)3-2-4(3)6/h3-4H,2H2,1H3. The van der Waals surface area contributed by atoms with E-state index < -0.39 is 0 Å². The number of carbonyl (C=O) groups is 1. The first-order chi connectivity index (χ1) is 3.75. The fourth-order valence-electron chi connectivity index (χ4n) is 0.559. The normalized spacial score (nSPS) is 34.2. The van der Waals surface area contributed by atoms with Crippen molar-refractivity contribution in [2.24, 2.45) is 5.92 Å². The molecule has 1 fully saturated rings. The lowest BCUT2D eigenvalue weighted by atomic mass is 10.4. The molecule has 0 spiro atoms. The van der Waals surface area contributed by atoms with Gasteiger partial charge in [0.25, 0.3) is 0 Å². The van der Waals surface area contributed by atoms with Gasteiger partial charge in [-0.3, -0.25) is 4.79 Å². The molecule has 2 unspecified atom stereocenters. The smallest absolute Gasteiger partial charge is 0.309 e. The van der Waals surface area contributed by atoms with Crippen molar-refractivity contribution in [1.82, 2.24) is 0 Å². The van der Waals surface area contributed by atoms with Gasteiger partial charge in [-0.1, -0.05) is 15.9 Å². The molecular weight excluding hydrogens is 172 g/mol. The molecule has 0 heterocycles. The van der Waals surface area contributed by atoms with Crippen molar-refractivity contribution in [2.45, 2.75) is 11.2 Å². The molecule has 1 saturated carbocycles. The Kier molecular flexibility index (Phi) is 1.56. The first-order valence-electron chi connectivity index (χ1n) is 2.47. The zero-order chi connectivity index (χ0) is 6.15. The number of hydrogen-bond acceptors (Lipinski definition) is 2. The van der Waals surface area contributed by atoms with E-state index in [4.69, 9.17) is 0 Å². The van der Waals surface area contributed by atoms with Crippen LogP contribution < -0.4 is 0 Å². The van der Waals surface area contributed by atoms with Crippen LogP contribution in [0.4, 0.5) is 0 Å². The predicted molar refractivity (Wildman–Crippen MR) is 32.8 cm³/mol. The first-order valence-corrected chi connectivity index (χ1v) is 3.39. The summed E-state index contributed by atoms with van der Waals surface area (Å²) in [5, 5.41) is 0. The third-order valence-electron chi connectivity index (χ3n) is 1.22. The van der Waals surface area contributed by atoms with E-state index in [9.17, 15) is 4.79 Å². The molecule has 0 saturated heterocycles. The lowest BCUT2D eigenvalue weighted by Gasteiger charge is -1.90. The summed E-state index contributed by atoms with van der Waals surface area (Å²) in [6.07, 6.45) is 0.937. The van der Waals surface area contributed by atoms with Crippen molar-refractivity contribution >= 4 is 21.9 Å². The molecule has 46 valence electrons. The molecule has 0 aromatic carbocycles. The maximum atomic E-state index is 10.5. The van der Waals surface area contributed by atoms with Crippen molar-refractivity contribution in [3.05, 3.63) is 0 Å². The van der Waals surface area contributed by atoms with E-state index in [0.29, 0.717) is 4.83 Å². The van der Waals surface area contributed by atoms with Crippen LogP contribution in [0.25, 0.3) is 0 Å². The monoisotopic (exact) mass is 178 g/mol. The Labute approximate surface area is 56.3 Å². The van der Waals surface area contributed by atoms with Crippen LogP contribution in [-0.4, -0.2) is 17.9 Å². The summed E-state index contributed by atoms with van der Waals surface area (Å²) in [5.41, 5.74) is 0. The second-order valence-electron chi connectivity index (χ2n) is 1.88. The molecule has 2 nitrogen and oxygen atoms in total. The Morgan fingerprint density at radius 3 is 2.50 bits per heavy atom. The Morgan fingerprint density at radius 1 is 1.88 bits per heavy atom. The van der Waals surface area contributed by atoms with Crippen molar-refractivity contribution in [1.29, 1.82) is 0 Å². The Hall–Kier alpha value is -0.0500. The van der Waals surface area contributed by atoms with E-state index in [1.807, 2.05) is 0 Å². The van der Waals surface area contributed by atoms with E-state index in [2.05, 4.69) is 20.7 Å². The van der Waals surface area contributed by atoms with Crippen molar-refractivity contribution in [3.8, 4) is 0 Å². The van der Waals surface area contributed by atoms with Gasteiger partial charge in [0, 0.05) is 4.83 Å². The number of methoxy groups -OCH3 is 1. The lowest BCUT2D eigenvalue weighted by molar-refractivity contribution is -0.142. The lowest BCUT2D eigenvalue weighted by Crippen LogP contribution is -2.03. The molecule has 8 heavy (non-hydrogen) atoms. The van der Waals surface area contributed by atoms with Crippen LogP contribution in [-0.2, 0) is 9.53 Å². The molecule has 2 atom stereocenters. The van der Waals surface area contributed by atoms with Crippen LogP contribution >= 0.6 is 15.9 Å². The van der Waals surface area contributed by atoms with Crippen LogP contribution in [0.2, 0.25) is 0 Å². The minimum Gasteiger partial charge on any atom is -0.469 e. The fourth-order valence-corrected chi connectivity index (χ4v) is 1.18. The number of ether oxygens (including phenoxy) is 1. The maximum Gasteiger partial charge on any atom is 0.309 e. The molecular formula is C5H7BrO2. The number of halogens is 1. The highest BCUT2D eigenvalue weighted by Crippen LogP contribution is 2.38. The van der Waals surface area contributed by atoms with E-state index in [-0.39, 0.29) is 11.9 Å². The van der Waals surface area contributed by atoms with Gasteiger partial charge in [-0.15, -0.1) is 0 Å². The quantitative estimate of drug-likeness (QED) is 0.442. The number of esters is 1. The number of alkyl halides is 1.